The highest BCUT2D eigenvalue weighted by Gasteiger charge is 1.99. The van der Waals surface area contributed by atoms with Gasteiger partial charge in [-0.1, -0.05) is 12.1 Å². The predicted molar refractivity (Wildman–Crippen MR) is 42.1 cm³/mol. The molecule has 0 spiro atoms. The van der Waals surface area contributed by atoms with Gasteiger partial charge in [-0.3, -0.25) is 0 Å². The fourth-order valence-electron chi connectivity index (χ4n) is 0.954. The molecule has 0 aliphatic rings. The van der Waals surface area contributed by atoms with Crippen LogP contribution in [0, 0.1) is 6.92 Å². The number of methoxy groups -OCH3 is 1. The molecule has 1 aromatic carbocycles. The van der Waals surface area contributed by atoms with E-state index in [1.165, 1.54) is 0 Å². The van der Waals surface area contributed by atoms with Crippen molar-refractivity contribution in [3.05, 3.63) is 23.8 Å². The van der Waals surface area contributed by atoms with E-state index in [0.29, 0.717) is 5.69 Å². The number of ether oxygens (including phenoxy) is 1. The van der Waals surface area contributed by atoms with E-state index in [9.17, 15) is 0 Å². The highest BCUT2D eigenvalue weighted by atomic mass is 16.5. The number of rotatable bonds is 1. The van der Waals surface area contributed by atoms with Gasteiger partial charge in [0.15, 0.2) is 0 Å². The molecule has 0 unspecified atom stereocenters. The molecule has 0 saturated heterocycles. The van der Waals surface area contributed by atoms with Gasteiger partial charge in [-0.15, -0.1) is 0 Å². The summed E-state index contributed by atoms with van der Waals surface area (Å²) in [6, 6.07) is 5.70. The third-order valence-corrected chi connectivity index (χ3v) is 1.45. The highest BCUT2D eigenvalue weighted by Crippen LogP contribution is 2.24. The number of nitrogens with two attached hydrogens (primary N) is 1. The van der Waals surface area contributed by atoms with Gasteiger partial charge in [-0.05, 0) is 18.6 Å². The lowest BCUT2D eigenvalue weighted by atomic mass is 10.2. The van der Waals surface area contributed by atoms with E-state index in [0.717, 1.165) is 11.3 Å². The third-order valence-electron chi connectivity index (χ3n) is 1.45. The summed E-state index contributed by atoms with van der Waals surface area (Å²) in [5.74, 6) is 0.780. The van der Waals surface area contributed by atoms with Gasteiger partial charge in [-0.2, -0.15) is 0 Å². The van der Waals surface area contributed by atoms with Crippen LogP contribution in [-0.2, 0) is 0 Å². The smallest absolute Gasteiger partial charge is 0.144 e. The lowest BCUT2D eigenvalue weighted by Crippen LogP contribution is -1.93. The molecule has 2 N–H and O–H groups in total. The second-order valence-electron chi connectivity index (χ2n) is 2.20. The van der Waals surface area contributed by atoms with Crippen LogP contribution < -0.4 is 10.5 Å². The molecule has 0 aliphatic heterocycles. The Labute approximate surface area is 60.6 Å². The molecular weight excluding hydrogens is 126 g/mol. The minimum atomic E-state index is 0.697. The Bertz CT molecular complexity index is 212. The Morgan fingerprint density at radius 3 is 2.50 bits per heavy atom. The number of benzene rings is 1. The van der Waals surface area contributed by atoms with Crippen molar-refractivity contribution in [2.75, 3.05) is 12.8 Å². The zero-order valence-electron chi connectivity index (χ0n) is 6.22. The van der Waals surface area contributed by atoms with Crippen LogP contribution in [0.15, 0.2) is 18.2 Å². The molecular formula is C8H11NO. The number of aryl methyl sites for hydroxylation is 1. The summed E-state index contributed by atoms with van der Waals surface area (Å²) in [5, 5.41) is 0. The van der Waals surface area contributed by atoms with Crippen molar-refractivity contribution in [3.63, 3.8) is 0 Å². The second kappa shape index (κ2) is 2.60. The number of anilines is 1. The molecule has 0 radical (unpaired) electrons. The topological polar surface area (TPSA) is 35.2 Å². The van der Waals surface area contributed by atoms with Gasteiger partial charge in [0.25, 0.3) is 0 Å². The van der Waals surface area contributed by atoms with Crippen LogP contribution in [0.1, 0.15) is 5.56 Å². The first-order valence-electron chi connectivity index (χ1n) is 3.15. The summed E-state index contributed by atoms with van der Waals surface area (Å²) in [7, 11) is 1.62. The predicted octanol–water partition coefficient (Wildman–Crippen LogP) is 1.59. The monoisotopic (exact) mass is 137 g/mol. The minimum Gasteiger partial charge on any atom is -0.494 e. The highest BCUT2D eigenvalue weighted by molar-refractivity contribution is 5.56. The molecule has 0 aromatic heterocycles. The maximum Gasteiger partial charge on any atom is 0.144 e. The second-order valence-corrected chi connectivity index (χ2v) is 2.20. The molecule has 0 heterocycles. The van der Waals surface area contributed by atoms with E-state index in [4.69, 9.17) is 10.5 Å². The third kappa shape index (κ3) is 1.05. The van der Waals surface area contributed by atoms with E-state index in [1.807, 2.05) is 25.1 Å². The molecule has 1 aromatic rings. The molecule has 0 aliphatic carbocycles. The number of para-hydroxylation sites is 1. The van der Waals surface area contributed by atoms with Gasteiger partial charge in [0.2, 0.25) is 0 Å². The van der Waals surface area contributed by atoms with Crippen molar-refractivity contribution in [1.29, 1.82) is 0 Å². The van der Waals surface area contributed by atoms with Crippen LogP contribution in [0.5, 0.6) is 5.75 Å². The molecule has 0 fully saturated rings. The number of hydrogen-bond donors (Lipinski definition) is 1. The van der Waals surface area contributed by atoms with Crippen LogP contribution >= 0.6 is 0 Å². The zero-order valence-corrected chi connectivity index (χ0v) is 6.22. The van der Waals surface area contributed by atoms with Gasteiger partial charge in [0.05, 0.1) is 12.8 Å². The molecule has 2 heteroatoms. The summed E-state index contributed by atoms with van der Waals surface area (Å²) in [6.07, 6.45) is 0. The zero-order chi connectivity index (χ0) is 7.56. The normalized spacial score (nSPS) is 9.40. The van der Waals surface area contributed by atoms with E-state index >= 15 is 0 Å². The molecule has 0 atom stereocenters. The van der Waals surface area contributed by atoms with E-state index < -0.39 is 0 Å². The summed E-state index contributed by atoms with van der Waals surface area (Å²) >= 11 is 0. The molecule has 0 amide bonds. The standard InChI is InChI=1S/C8H11NO/c1-6-4-3-5-7(9)8(6)10-2/h3-5H,9H2,1-2H3. The lowest BCUT2D eigenvalue weighted by molar-refractivity contribution is 0.414. The maximum atomic E-state index is 5.61. The van der Waals surface area contributed by atoms with Gasteiger partial charge in [0, 0.05) is 0 Å². The van der Waals surface area contributed by atoms with Crippen LogP contribution in [0.2, 0.25) is 0 Å². The van der Waals surface area contributed by atoms with Gasteiger partial charge >= 0.3 is 0 Å². The van der Waals surface area contributed by atoms with Crippen LogP contribution in [0.25, 0.3) is 0 Å². The quantitative estimate of drug-likeness (QED) is 0.596. The maximum absolute atomic E-state index is 5.61. The van der Waals surface area contributed by atoms with Crippen molar-refractivity contribution in [2.24, 2.45) is 0 Å². The Hall–Kier alpha value is -1.18. The molecule has 1 rings (SSSR count). The summed E-state index contributed by atoms with van der Waals surface area (Å²) in [4.78, 5) is 0. The molecule has 54 valence electrons. The first-order valence-corrected chi connectivity index (χ1v) is 3.15. The molecule has 10 heavy (non-hydrogen) atoms. The van der Waals surface area contributed by atoms with Crippen molar-refractivity contribution in [1.82, 2.24) is 0 Å². The van der Waals surface area contributed by atoms with Crippen molar-refractivity contribution in [3.8, 4) is 5.75 Å². The average molecular weight is 137 g/mol. The van der Waals surface area contributed by atoms with E-state index in [2.05, 4.69) is 0 Å². The minimum absolute atomic E-state index is 0.697. The Balaban J connectivity index is 3.17. The molecule has 2 nitrogen and oxygen atoms in total. The summed E-state index contributed by atoms with van der Waals surface area (Å²) < 4.78 is 5.05. The largest absolute Gasteiger partial charge is 0.494 e. The summed E-state index contributed by atoms with van der Waals surface area (Å²) in [6.45, 7) is 1.97. The number of hydrogen-bond acceptors (Lipinski definition) is 2. The summed E-state index contributed by atoms with van der Waals surface area (Å²) in [5.41, 5.74) is 7.38. The molecule has 0 bridgehead atoms. The first-order chi connectivity index (χ1) is 4.75. The van der Waals surface area contributed by atoms with Crippen LogP contribution in [-0.4, -0.2) is 7.11 Å². The van der Waals surface area contributed by atoms with E-state index in [1.54, 1.807) is 7.11 Å². The van der Waals surface area contributed by atoms with Crippen molar-refractivity contribution in [2.45, 2.75) is 6.92 Å². The van der Waals surface area contributed by atoms with Crippen molar-refractivity contribution >= 4 is 5.69 Å². The number of nitrogen functional groups attached to an aromatic ring is 1. The van der Waals surface area contributed by atoms with Crippen LogP contribution in [0.3, 0.4) is 0 Å². The van der Waals surface area contributed by atoms with Crippen molar-refractivity contribution < 1.29 is 4.74 Å². The lowest BCUT2D eigenvalue weighted by Gasteiger charge is -2.05. The van der Waals surface area contributed by atoms with Crippen LogP contribution in [0.4, 0.5) is 5.69 Å². The van der Waals surface area contributed by atoms with Gasteiger partial charge in [-0.25, -0.2) is 0 Å². The Kier molecular flexibility index (Phi) is 1.81. The average Bonchev–Trinajstić information content (AvgIpc) is 1.88. The molecule has 0 saturated carbocycles. The fourth-order valence-corrected chi connectivity index (χ4v) is 0.954. The van der Waals surface area contributed by atoms with Gasteiger partial charge < -0.3 is 10.5 Å². The SMILES string of the molecule is COc1c(C)cccc1N. The fraction of sp³-hybridized carbons (Fsp3) is 0.250. The first kappa shape index (κ1) is 6.93. The van der Waals surface area contributed by atoms with E-state index in [-0.39, 0.29) is 0 Å². The Morgan fingerprint density at radius 2 is 2.10 bits per heavy atom. The Morgan fingerprint density at radius 1 is 1.40 bits per heavy atom. The van der Waals surface area contributed by atoms with Gasteiger partial charge in [0.1, 0.15) is 5.75 Å².